The molecule has 6 nitrogen and oxygen atoms in total. The van der Waals surface area contributed by atoms with Crippen LogP contribution in [0.5, 0.6) is 0 Å². The van der Waals surface area contributed by atoms with Gasteiger partial charge in [0.05, 0.1) is 5.69 Å². The van der Waals surface area contributed by atoms with Gasteiger partial charge in [0, 0.05) is 31.9 Å². The Kier molecular flexibility index (Phi) is 5.69. The number of nitrogens with zero attached hydrogens (tertiary/aromatic N) is 4. The van der Waals surface area contributed by atoms with E-state index < -0.39 is 0 Å². The van der Waals surface area contributed by atoms with Gasteiger partial charge in [-0.3, -0.25) is 9.59 Å². The summed E-state index contributed by atoms with van der Waals surface area (Å²) in [5.74, 6) is 0.326. The molecule has 0 aliphatic carbocycles. The van der Waals surface area contributed by atoms with E-state index in [4.69, 9.17) is 0 Å². The summed E-state index contributed by atoms with van der Waals surface area (Å²) in [5.41, 5.74) is 3.57. The maximum atomic E-state index is 13.5. The van der Waals surface area contributed by atoms with Crippen molar-refractivity contribution in [2.45, 2.75) is 58.9 Å². The van der Waals surface area contributed by atoms with E-state index >= 15 is 0 Å². The third-order valence-corrected chi connectivity index (χ3v) is 5.92. The SMILES string of the molecule is CCCN(CCC)C(=O)c1nc(C(=O)N2CCc3ccccc32)c2n1CCCC2. The fourth-order valence-corrected chi connectivity index (χ4v) is 4.55. The molecule has 2 aliphatic rings. The topological polar surface area (TPSA) is 58.4 Å². The lowest BCUT2D eigenvalue weighted by Gasteiger charge is -2.23. The molecule has 4 rings (SSSR count). The number of carbonyl (C=O) groups excluding carboxylic acids is 2. The largest absolute Gasteiger partial charge is 0.336 e. The Hall–Kier alpha value is -2.63. The number of amides is 2. The first kappa shape index (κ1) is 19.7. The van der Waals surface area contributed by atoms with Crippen LogP contribution in [0, 0.1) is 0 Å². The number of aromatic nitrogens is 2. The smallest absolute Gasteiger partial charge is 0.289 e. The first-order chi connectivity index (χ1) is 14.2. The summed E-state index contributed by atoms with van der Waals surface area (Å²) in [6.07, 6.45) is 5.55. The van der Waals surface area contributed by atoms with Crippen LogP contribution in [0.2, 0.25) is 0 Å². The van der Waals surface area contributed by atoms with E-state index in [0.29, 0.717) is 18.1 Å². The normalized spacial score (nSPS) is 15.2. The van der Waals surface area contributed by atoms with Crippen LogP contribution in [-0.2, 0) is 19.4 Å². The molecule has 0 bridgehead atoms. The predicted molar refractivity (Wildman–Crippen MR) is 113 cm³/mol. The number of fused-ring (bicyclic) bond motifs is 2. The fourth-order valence-electron chi connectivity index (χ4n) is 4.55. The van der Waals surface area contributed by atoms with Gasteiger partial charge >= 0.3 is 0 Å². The van der Waals surface area contributed by atoms with Gasteiger partial charge in [0.1, 0.15) is 0 Å². The Morgan fingerprint density at radius 2 is 1.79 bits per heavy atom. The third-order valence-electron chi connectivity index (χ3n) is 5.92. The number of hydrogen-bond donors (Lipinski definition) is 0. The van der Waals surface area contributed by atoms with Crippen molar-refractivity contribution in [3.63, 3.8) is 0 Å². The van der Waals surface area contributed by atoms with Gasteiger partial charge in [-0.25, -0.2) is 4.98 Å². The van der Waals surface area contributed by atoms with Crippen LogP contribution in [0.4, 0.5) is 5.69 Å². The molecule has 1 aromatic heterocycles. The molecular formula is C23H30N4O2. The van der Waals surface area contributed by atoms with Crippen molar-refractivity contribution in [1.29, 1.82) is 0 Å². The van der Waals surface area contributed by atoms with Crippen molar-refractivity contribution in [3.05, 3.63) is 47.0 Å². The summed E-state index contributed by atoms with van der Waals surface area (Å²) in [5, 5.41) is 0. The lowest BCUT2D eigenvalue weighted by atomic mass is 10.1. The highest BCUT2D eigenvalue weighted by Gasteiger charge is 2.33. The molecule has 29 heavy (non-hydrogen) atoms. The van der Waals surface area contributed by atoms with E-state index in [1.54, 1.807) is 0 Å². The molecule has 0 spiro atoms. The van der Waals surface area contributed by atoms with E-state index in [1.165, 1.54) is 5.56 Å². The van der Waals surface area contributed by atoms with Crippen LogP contribution in [0.25, 0.3) is 0 Å². The Morgan fingerprint density at radius 3 is 2.55 bits per heavy atom. The van der Waals surface area contributed by atoms with Crippen molar-refractivity contribution in [1.82, 2.24) is 14.5 Å². The average molecular weight is 395 g/mol. The number of rotatable bonds is 6. The molecule has 0 fully saturated rings. The highest BCUT2D eigenvalue weighted by molar-refractivity contribution is 6.07. The summed E-state index contributed by atoms with van der Waals surface area (Å²) in [4.78, 5) is 35.1. The maximum Gasteiger partial charge on any atom is 0.289 e. The van der Waals surface area contributed by atoms with Crippen LogP contribution in [-0.4, -0.2) is 45.9 Å². The zero-order valence-electron chi connectivity index (χ0n) is 17.5. The van der Waals surface area contributed by atoms with Crippen LogP contribution >= 0.6 is 0 Å². The summed E-state index contributed by atoms with van der Waals surface area (Å²) >= 11 is 0. The third kappa shape index (κ3) is 3.56. The number of imidazole rings is 1. The van der Waals surface area contributed by atoms with Gasteiger partial charge in [0.15, 0.2) is 11.5 Å². The monoisotopic (exact) mass is 394 g/mol. The van der Waals surface area contributed by atoms with Crippen molar-refractivity contribution in [2.24, 2.45) is 0 Å². The number of hydrogen-bond acceptors (Lipinski definition) is 3. The summed E-state index contributed by atoms with van der Waals surface area (Å²) < 4.78 is 2.01. The lowest BCUT2D eigenvalue weighted by Crippen LogP contribution is -2.35. The van der Waals surface area contributed by atoms with Gasteiger partial charge in [-0.1, -0.05) is 32.0 Å². The molecular weight excluding hydrogens is 364 g/mol. The minimum absolute atomic E-state index is 0.0438. The van der Waals surface area contributed by atoms with Gasteiger partial charge in [0.25, 0.3) is 11.8 Å². The molecule has 2 aliphatic heterocycles. The molecule has 0 saturated heterocycles. The summed E-state index contributed by atoms with van der Waals surface area (Å²) in [6.45, 7) is 7.04. The van der Waals surface area contributed by atoms with Crippen molar-refractivity contribution >= 4 is 17.5 Å². The van der Waals surface area contributed by atoms with Crippen LogP contribution in [0.3, 0.4) is 0 Å². The summed E-state index contributed by atoms with van der Waals surface area (Å²) in [7, 11) is 0. The van der Waals surface area contributed by atoms with Crippen LogP contribution in [0.15, 0.2) is 24.3 Å². The van der Waals surface area contributed by atoms with E-state index in [1.807, 2.05) is 32.6 Å². The predicted octanol–water partition coefficient (Wildman–Crippen LogP) is 3.68. The molecule has 3 heterocycles. The van der Waals surface area contributed by atoms with Crippen LogP contribution < -0.4 is 4.90 Å². The Labute approximate surface area is 172 Å². The number of para-hydroxylation sites is 1. The van der Waals surface area contributed by atoms with Crippen LogP contribution in [0.1, 0.15) is 71.9 Å². The first-order valence-electron chi connectivity index (χ1n) is 10.9. The Bertz CT molecular complexity index is 912. The van der Waals surface area contributed by atoms with Gasteiger partial charge in [-0.2, -0.15) is 0 Å². The molecule has 1 aromatic carbocycles. The van der Waals surface area contributed by atoms with Crippen molar-refractivity contribution < 1.29 is 9.59 Å². The van der Waals surface area contributed by atoms with E-state index in [0.717, 1.165) is 69.5 Å². The molecule has 0 atom stereocenters. The number of anilines is 1. The standard InChI is InChI=1S/C23H30N4O2/c1-3-13-25(14-4-2)23(29)21-24-20(19-11-7-8-15-26(19)21)22(28)27-16-12-17-9-5-6-10-18(17)27/h5-6,9-10H,3-4,7-8,11-16H2,1-2H3. The van der Waals surface area contributed by atoms with Crippen molar-refractivity contribution in [2.75, 3.05) is 24.5 Å². The second-order valence-electron chi connectivity index (χ2n) is 7.97. The second-order valence-corrected chi connectivity index (χ2v) is 7.97. The van der Waals surface area contributed by atoms with Gasteiger partial charge in [0.2, 0.25) is 0 Å². The molecule has 0 radical (unpaired) electrons. The zero-order valence-corrected chi connectivity index (χ0v) is 17.5. The molecule has 0 unspecified atom stereocenters. The Balaban J connectivity index is 1.70. The first-order valence-corrected chi connectivity index (χ1v) is 10.9. The highest BCUT2D eigenvalue weighted by atomic mass is 16.2. The molecule has 6 heteroatoms. The zero-order chi connectivity index (χ0) is 20.4. The number of benzene rings is 1. The van der Waals surface area contributed by atoms with Gasteiger partial charge < -0.3 is 14.4 Å². The minimum Gasteiger partial charge on any atom is -0.336 e. The average Bonchev–Trinajstić information content (AvgIpc) is 3.35. The minimum atomic E-state index is -0.0721. The van der Waals surface area contributed by atoms with E-state index in [-0.39, 0.29) is 11.8 Å². The lowest BCUT2D eigenvalue weighted by molar-refractivity contribution is 0.0737. The molecule has 0 N–H and O–H groups in total. The van der Waals surface area contributed by atoms with Gasteiger partial charge in [-0.15, -0.1) is 0 Å². The Morgan fingerprint density at radius 1 is 1.03 bits per heavy atom. The molecule has 2 amide bonds. The maximum absolute atomic E-state index is 13.5. The van der Waals surface area contributed by atoms with Gasteiger partial charge in [-0.05, 0) is 50.2 Å². The van der Waals surface area contributed by atoms with E-state index in [9.17, 15) is 9.59 Å². The second kappa shape index (κ2) is 8.39. The number of carbonyl (C=O) groups is 2. The molecule has 0 saturated carbocycles. The van der Waals surface area contributed by atoms with E-state index in [2.05, 4.69) is 24.9 Å². The highest BCUT2D eigenvalue weighted by Crippen LogP contribution is 2.31. The molecule has 2 aromatic rings. The fraction of sp³-hybridized carbons (Fsp3) is 0.522. The summed E-state index contributed by atoms with van der Waals surface area (Å²) in [6, 6.07) is 8.06. The molecule has 154 valence electrons. The quantitative estimate of drug-likeness (QED) is 0.751. The van der Waals surface area contributed by atoms with Crippen molar-refractivity contribution in [3.8, 4) is 0 Å².